The third-order valence-corrected chi connectivity index (χ3v) is 6.28. The van der Waals surface area contributed by atoms with E-state index in [-0.39, 0.29) is 16.1 Å². The Kier molecular flexibility index (Phi) is 5.97. The van der Waals surface area contributed by atoms with E-state index < -0.39 is 21.7 Å². The average Bonchev–Trinajstić information content (AvgIpc) is 3.13. The lowest BCUT2D eigenvalue weighted by Crippen LogP contribution is -2.17. The molecule has 0 spiro atoms. The summed E-state index contributed by atoms with van der Waals surface area (Å²) in [4.78, 5) is 12.8. The van der Waals surface area contributed by atoms with Gasteiger partial charge in [-0.25, -0.2) is 17.5 Å². The number of nitrogens with zero attached hydrogens (tertiary/aromatic N) is 2. The van der Waals surface area contributed by atoms with E-state index >= 15 is 0 Å². The average molecular weight is 465 g/mol. The fourth-order valence-electron chi connectivity index (χ4n) is 3.38. The second-order valence-corrected chi connectivity index (χ2v) is 9.11. The van der Waals surface area contributed by atoms with E-state index in [9.17, 15) is 17.6 Å². The van der Waals surface area contributed by atoms with Gasteiger partial charge in [-0.15, -0.1) is 0 Å². The van der Waals surface area contributed by atoms with Crippen molar-refractivity contribution in [1.82, 2.24) is 9.78 Å². The number of carbonyl (C=O) groups is 1. The Morgan fingerprint density at radius 1 is 0.909 bits per heavy atom. The Balaban J connectivity index is 1.61. The van der Waals surface area contributed by atoms with Crippen molar-refractivity contribution in [2.75, 3.05) is 10.0 Å². The molecule has 0 aliphatic carbocycles. The zero-order valence-corrected chi connectivity index (χ0v) is 18.7. The Morgan fingerprint density at radius 3 is 2.30 bits per heavy atom. The lowest BCUT2D eigenvalue weighted by atomic mass is 10.2. The number of amides is 1. The van der Waals surface area contributed by atoms with Gasteiger partial charge in [0.2, 0.25) is 0 Å². The van der Waals surface area contributed by atoms with Crippen LogP contribution in [0.15, 0.2) is 83.8 Å². The normalized spacial score (nSPS) is 11.2. The van der Waals surface area contributed by atoms with Gasteiger partial charge in [-0.05, 0) is 62.4 Å². The van der Waals surface area contributed by atoms with E-state index in [1.807, 2.05) is 32.0 Å². The largest absolute Gasteiger partial charge is 0.320 e. The highest BCUT2D eigenvalue weighted by molar-refractivity contribution is 7.92. The molecule has 4 aromatic rings. The van der Waals surface area contributed by atoms with Gasteiger partial charge in [-0.1, -0.05) is 30.3 Å². The number of hydrogen-bond donors (Lipinski definition) is 2. The van der Waals surface area contributed by atoms with Crippen LogP contribution in [0.1, 0.15) is 21.7 Å². The Bertz CT molecular complexity index is 1450. The Morgan fingerprint density at radius 2 is 1.61 bits per heavy atom. The van der Waals surface area contributed by atoms with Crippen LogP contribution in [0.3, 0.4) is 0 Å². The third kappa shape index (κ3) is 4.78. The molecule has 7 nitrogen and oxygen atoms in total. The quantitative estimate of drug-likeness (QED) is 0.433. The van der Waals surface area contributed by atoms with Crippen molar-refractivity contribution in [3.8, 4) is 5.69 Å². The molecule has 3 aromatic carbocycles. The summed E-state index contributed by atoms with van der Waals surface area (Å²) >= 11 is 0. The van der Waals surface area contributed by atoms with Crippen molar-refractivity contribution in [3.05, 3.63) is 102 Å². The lowest BCUT2D eigenvalue weighted by molar-refractivity contribution is 0.102. The van der Waals surface area contributed by atoms with Gasteiger partial charge in [-0.2, -0.15) is 5.10 Å². The zero-order chi connectivity index (χ0) is 23.6. The molecule has 0 unspecified atom stereocenters. The van der Waals surface area contributed by atoms with Gasteiger partial charge >= 0.3 is 0 Å². The Hall–Kier alpha value is -3.98. The highest BCUT2D eigenvalue weighted by atomic mass is 32.2. The minimum Gasteiger partial charge on any atom is -0.320 e. The van der Waals surface area contributed by atoms with Crippen LogP contribution in [-0.2, 0) is 10.0 Å². The van der Waals surface area contributed by atoms with Crippen LogP contribution < -0.4 is 10.0 Å². The number of anilines is 2. The van der Waals surface area contributed by atoms with E-state index in [1.54, 1.807) is 16.8 Å². The molecular formula is C24H21FN4O3S. The molecule has 0 saturated carbocycles. The summed E-state index contributed by atoms with van der Waals surface area (Å²) in [6.45, 7) is 3.79. The van der Waals surface area contributed by atoms with Crippen LogP contribution in [0.5, 0.6) is 0 Å². The summed E-state index contributed by atoms with van der Waals surface area (Å²) in [5.41, 5.74) is 2.91. The van der Waals surface area contributed by atoms with Gasteiger partial charge in [0.05, 0.1) is 27.7 Å². The van der Waals surface area contributed by atoms with Crippen molar-refractivity contribution >= 4 is 27.3 Å². The number of hydrogen-bond acceptors (Lipinski definition) is 4. The maximum Gasteiger partial charge on any atom is 0.262 e. The molecule has 0 saturated heterocycles. The first kappa shape index (κ1) is 22.2. The van der Waals surface area contributed by atoms with Crippen LogP contribution in [0.4, 0.5) is 15.8 Å². The number of aryl methyl sites for hydroxylation is 2. The summed E-state index contributed by atoms with van der Waals surface area (Å²) in [6.07, 6.45) is 0. The number of nitrogens with one attached hydrogen (secondary N) is 2. The van der Waals surface area contributed by atoms with Crippen molar-refractivity contribution in [3.63, 3.8) is 0 Å². The molecule has 0 bridgehead atoms. The van der Waals surface area contributed by atoms with E-state index in [4.69, 9.17) is 0 Å². The third-order valence-electron chi connectivity index (χ3n) is 4.91. The molecule has 33 heavy (non-hydrogen) atoms. The fraction of sp³-hybridized carbons (Fsp3) is 0.0833. The fourth-order valence-corrected chi connectivity index (χ4v) is 4.50. The van der Waals surface area contributed by atoms with Crippen molar-refractivity contribution in [2.24, 2.45) is 0 Å². The molecule has 0 aliphatic heterocycles. The molecule has 1 aromatic heterocycles. The van der Waals surface area contributed by atoms with Crippen LogP contribution in [0.25, 0.3) is 5.69 Å². The van der Waals surface area contributed by atoms with E-state index in [2.05, 4.69) is 15.1 Å². The van der Waals surface area contributed by atoms with Gasteiger partial charge in [0.25, 0.3) is 15.9 Å². The smallest absolute Gasteiger partial charge is 0.262 e. The molecule has 0 fully saturated rings. The first-order valence-corrected chi connectivity index (χ1v) is 11.5. The lowest BCUT2D eigenvalue weighted by Gasteiger charge is -2.13. The van der Waals surface area contributed by atoms with Crippen molar-refractivity contribution in [1.29, 1.82) is 0 Å². The van der Waals surface area contributed by atoms with Gasteiger partial charge in [0.15, 0.2) is 0 Å². The molecule has 168 valence electrons. The highest BCUT2D eigenvalue weighted by Crippen LogP contribution is 2.23. The van der Waals surface area contributed by atoms with Crippen LogP contribution in [-0.4, -0.2) is 24.1 Å². The number of para-hydroxylation sites is 3. The minimum atomic E-state index is -4.10. The first-order valence-electron chi connectivity index (χ1n) is 10.1. The standard InChI is InChI=1S/C24H21FN4O3S/c1-16-14-17(2)29(27-16)23-13-6-5-12-22(23)26-24(30)18-8-7-9-19(15-18)33(31,32)28-21-11-4-3-10-20(21)25/h3-15,28H,1-2H3,(H,26,30). The monoisotopic (exact) mass is 464 g/mol. The number of carbonyl (C=O) groups excluding carboxylic acids is 1. The van der Waals surface area contributed by atoms with Crippen LogP contribution in [0, 0.1) is 19.7 Å². The van der Waals surface area contributed by atoms with E-state index in [0.29, 0.717) is 11.4 Å². The van der Waals surface area contributed by atoms with Gasteiger partial charge in [-0.3, -0.25) is 9.52 Å². The topological polar surface area (TPSA) is 93.1 Å². The van der Waals surface area contributed by atoms with E-state index in [1.165, 1.54) is 42.5 Å². The summed E-state index contributed by atoms with van der Waals surface area (Å²) in [5.74, 6) is -1.19. The summed E-state index contributed by atoms with van der Waals surface area (Å²) in [7, 11) is -4.10. The van der Waals surface area contributed by atoms with Crippen molar-refractivity contribution < 1.29 is 17.6 Å². The molecule has 0 radical (unpaired) electrons. The molecular weight excluding hydrogens is 443 g/mol. The van der Waals surface area contributed by atoms with Crippen LogP contribution >= 0.6 is 0 Å². The second kappa shape index (κ2) is 8.87. The first-order chi connectivity index (χ1) is 15.7. The molecule has 9 heteroatoms. The SMILES string of the molecule is Cc1cc(C)n(-c2ccccc2NC(=O)c2cccc(S(=O)(=O)Nc3ccccc3F)c2)n1. The van der Waals surface area contributed by atoms with Crippen molar-refractivity contribution in [2.45, 2.75) is 18.7 Å². The van der Waals surface area contributed by atoms with Gasteiger partial charge in [0, 0.05) is 11.3 Å². The van der Waals surface area contributed by atoms with Gasteiger partial charge in [0.1, 0.15) is 5.82 Å². The maximum atomic E-state index is 13.9. The maximum absolute atomic E-state index is 13.9. The summed E-state index contributed by atoms with van der Waals surface area (Å²) < 4.78 is 43.3. The number of aromatic nitrogens is 2. The molecule has 4 rings (SSSR count). The number of rotatable bonds is 6. The molecule has 1 amide bonds. The Labute approximate surface area is 190 Å². The zero-order valence-electron chi connectivity index (χ0n) is 17.9. The highest BCUT2D eigenvalue weighted by Gasteiger charge is 2.19. The molecule has 0 atom stereocenters. The minimum absolute atomic E-state index is 0.134. The van der Waals surface area contributed by atoms with Gasteiger partial charge < -0.3 is 5.32 Å². The van der Waals surface area contributed by atoms with E-state index in [0.717, 1.165) is 17.5 Å². The molecule has 1 heterocycles. The summed E-state index contributed by atoms with van der Waals surface area (Å²) in [6, 6.07) is 20.1. The molecule has 0 aliphatic rings. The number of sulfonamides is 1. The predicted octanol–water partition coefficient (Wildman–Crippen LogP) is 4.68. The van der Waals surface area contributed by atoms with Crippen LogP contribution in [0.2, 0.25) is 0 Å². The predicted molar refractivity (Wildman–Crippen MR) is 125 cm³/mol. The second-order valence-electron chi connectivity index (χ2n) is 7.42. The summed E-state index contributed by atoms with van der Waals surface area (Å²) in [5, 5.41) is 7.29. The molecule has 2 N–H and O–H groups in total. The number of benzene rings is 3. The number of halogens is 1.